The summed E-state index contributed by atoms with van der Waals surface area (Å²) in [6, 6.07) is 1.04. The van der Waals surface area contributed by atoms with E-state index in [1.165, 1.54) is 32.1 Å². The number of nitrogens with one attached hydrogen (secondary N) is 2. The minimum absolute atomic E-state index is 0. The lowest BCUT2D eigenvalue weighted by Gasteiger charge is -2.57. The second-order valence-corrected chi connectivity index (χ2v) is 9.22. The summed E-state index contributed by atoms with van der Waals surface area (Å²) in [5, 5.41) is 7.47. The SMILES string of the molecule is CN=C(NCC(C(C)C)N1CCOCC1)NC1C2CCOC2C12CCCC2.I. The topological polar surface area (TPSA) is 58.1 Å². The van der Waals surface area contributed by atoms with E-state index in [1.54, 1.807) is 0 Å². The highest BCUT2D eigenvalue weighted by Crippen LogP contribution is 2.60. The van der Waals surface area contributed by atoms with Crippen molar-refractivity contribution in [2.24, 2.45) is 22.2 Å². The third kappa shape index (κ3) is 4.18. The Morgan fingerprint density at radius 2 is 1.89 bits per heavy atom. The van der Waals surface area contributed by atoms with E-state index in [-0.39, 0.29) is 24.0 Å². The highest BCUT2D eigenvalue weighted by molar-refractivity contribution is 14.0. The van der Waals surface area contributed by atoms with Crippen molar-refractivity contribution < 1.29 is 9.47 Å². The molecule has 2 aliphatic heterocycles. The number of hydrogen-bond acceptors (Lipinski definition) is 4. The zero-order valence-electron chi connectivity index (χ0n) is 17.8. The third-order valence-electron chi connectivity index (χ3n) is 7.56. The number of hydrogen-bond donors (Lipinski definition) is 2. The maximum Gasteiger partial charge on any atom is 0.191 e. The fraction of sp³-hybridized carbons (Fsp3) is 0.952. The Balaban J connectivity index is 0.00000225. The number of morpholine rings is 1. The fourth-order valence-corrected chi connectivity index (χ4v) is 6.14. The van der Waals surface area contributed by atoms with Crippen LogP contribution in [-0.2, 0) is 9.47 Å². The molecule has 162 valence electrons. The molecule has 4 rings (SSSR count). The summed E-state index contributed by atoms with van der Waals surface area (Å²) in [4.78, 5) is 7.13. The Morgan fingerprint density at radius 3 is 2.54 bits per heavy atom. The zero-order valence-corrected chi connectivity index (χ0v) is 20.1. The maximum absolute atomic E-state index is 6.13. The van der Waals surface area contributed by atoms with Crippen LogP contribution in [0, 0.1) is 17.3 Å². The molecule has 4 aliphatic rings. The van der Waals surface area contributed by atoms with E-state index in [0.29, 0.717) is 35.4 Å². The normalized spacial score (nSPS) is 33.3. The summed E-state index contributed by atoms with van der Waals surface area (Å²) in [7, 11) is 1.90. The molecule has 6 nitrogen and oxygen atoms in total. The average molecular weight is 506 g/mol. The standard InChI is InChI=1S/C21H38N4O2.HI/c1-15(2)17(25-9-12-26-13-10-25)14-23-20(22-3)24-18-16-6-11-27-19(16)21(18)7-4-5-8-21;/h15-19H,4-14H2,1-3H3,(H2,22,23,24);1H. The number of aliphatic imine (C=N–C) groups is 1. The van der Waals surface area contributed by atoms with Crippen LogP contribution >= 0.6 is 24.0 Å². The molecular weight excluding hydrogens is 467 g/mol. The molecule has 0 aromatic rings. The van der Waals surface area contributed by atoms with Crippen molar-refractivity contribution in [1.29, 1.82) is 0 Å². The average Bonchev–Trinajstić information content (AvgIpc) is 3.33. The molecule has 2 heterocycles. The Labute approximate surface area is 187 Å². The molecule has 0 aromatic heterocycles. The van der Waals surface area contributed by atoms with Gasteiger partial charge >= 0.3 is 0 Å². The second kappa shape index (κ2) is 9.79. The lowest BCUT2D eigenvalue weighted by atomic mass is 9.54. The van der Waals surface area contributed by atoms with Gasteiger partial charge in [-0.3, -0.25) is 9.89 Å². The van der Waals surface area contributed by atoms with Gasteiger partial charge < -0.3 is 20.1 Å². The van der Waals surface area contributed by atoms with Crippen LogP contribution in [0.25, 0.3) is 0 Å². The van der Waals surface area contributed by atoms with Gasteiger partial charge in [0.2, 0.25) is 0 Å². The van der Waals surface area contributed by atoms with Crippen molar-refractivity contribution in [2.75, 3.05) is 46.5 Å². The number of nitrogens with zero attached hydrogens (tertiary/aromatic N) is 2. The number of rotatable bonds is 5. The van der Waals surface area contributed by atoms with Gasteiger partial charge in [0.05, 0.1) is 19.3 Å². The van der Waals surface area contributed by atoms with E-state index in [0.717, 1.165) is 45.4 Å². The fourth-order valence-electron chi connectivity index (χ4n) is 6.14. The minimum Gasteiger partial charge on any atom is -0.379 e. The molecule has 7 heteroatoms. The number of guanidine groups is 1. The molecule has 2 saturated carbocycles. The van der Waals surface area contributed by atoms with Crippen molar-refractivity contribution in [3.8, 4) is 0 Å². The van der Waals surface area contributed by atoms with Crippen LogP contribution in [0.15, 0.2) is 4.99 Å². The van der Waals surface area contributed by atoms with E-state index < -0.39 is 0 Å². The zero-order chi connectivity index (χ0) is 18.9. The molecule has 0 amide bonds. The van der Waals surface area contributed by atoms with E-state index in [2.05, 4.69) is 34.4 Å². The molecule has 4 atom stereocenters. The first kappa shape index (κ1) is 22.6. The summed E-state index contributed by atoms with van der Waals surface area (Å²) in [5.41, 5.74) is 0.362. The Bertz CT molecular complexity index is 532. The molecule has 4 fully saturated rings. The summed E-state index contributed by atoms with van der Waals surface area (Å²) in [5.74, 6) is 2.24. The molecule has 2 saturated heterocycles. The summed E-state index contributed by atoms with van der Waals surface area (Å²) in [6.07, 6.45) is 7.01. The van der Waals surface area contributed by atoms with Gasteiger partial charge in [-0.2, -0.15) is 0 Å². The summed E-state index contributed by atoms with van der Waals surface area (Å²) < 4.78 is 11.7. The van der Waals surface area contributed by atoms with Crippen LogP contribution in [0.1, 0.15) is 46.0 Å². The molecule has 2 N–H and O–H groups in total. The monoisotopic (exact) mass is 506 g/mol. The predicted octanol–water partition coefficient (Wildman–Crippen LogP) is 2.47. The maximum atomic E-state index is 6.13. The van der Waals surface area contributed by atoms with Crippen LogP contribution in [0.4, 0.5) is 0 Å². The van der Waals surface area contributed by atoms with E-state index in [1.807, 2.05) is 7.05 Å². The van der Waals surface area contributed by atoms with E-state index in [9.17, 15) is 0 Å². The van der Waals surface area contributed by atoms with Crippen molar-refractivity contribution >= 4 is 29.9 Å². The molecule has 1 spiro atoms. The van der Waals surface area contributed by atoms with Crippen molar-refractivity contribution in [3.63, 3.8) is 0 Å². The van der Waals surface area contributed by atoms with Gasteiger partial charge in [-0.1, -0.05) is 26.7 Å². The van der Waals surface area contributed by atoms with Crippen molar-refractivity contribution in [3.05, 3.63) is 0 Å². The quantitative estimate of drug-likeness (QED) is 0.341. The Morgan fingerprint density at radius 1 is 1.18 bits per heavy atom. The van der Waals surface area contributed by atoms with Crippen molar-refractivity contribution in [1.82, 2.24) is 15.5 Å². The largest absolute Gasteiger partial charge is 0.379 e. The van der Waals surface area contributed by atoms with Crippen LogP contribution in [0.3, 0.4) is 0 Å². The molecule has 2 aliphatic carbocycles. The lowest BCUT2D eigenvalue weighted by molar-refractivity contribution is -0.125. The van der Waals surface area contributed by atoms with Gasteiger partial charge in [-0.15, -0.1) is 24.0 Å². The smallest absolute Gasteiger partial charge is 0.191 e. The molecular formula is C21H39IN4O2. The van der Waals surface area contributed by atoms with Crippen LogP contribution in [-0.4, -0.2) is 75.5 Å². The minimum atomic E-state index is 0. The lowest BCUT2D eigenvalue weighted by Crippen LogP contribution is -2.69. The highest BCUT2D eigenvalue weighted by atomic mass is 127. The molecule has 0 radical (unpaired) electrons. The number of fused-ring (bicyclic) bond motifs is 2. The van der Waals surface area contributed by atoms with Gasteiger partial charge in [-0.05, 0) is 25.2 Å². The Kier molecular flexibility index (Phi) is 7.89. The van der Waals surface area contributed by atoms with E-state index in [4.69, 9.17) is 9.47 Å². The molecule has 0 aromatic carbocycles. The predicted molar refractivity (Wildman–Crippen MR) is 123 cm³/mol. The van der Waals surface area contributed by atoms with E-state index >= 15 is 0 Å². The van der Waals surface area contributed by atoms with Gasteiger partial charge in [0.15, 0.2) is 5.96 Å². The third-order valence-corrected chi connectivity index (χ3v) is 7.56. The van der Waals surface area contributed by atoms with Gasteiger partial charge in [-0.25, -0.2) is 0 Å². The van der Waals surface area contributed by atoms with Gasteiger partial charge in [0, 0.05) is 56.7 Å². The van der Waals surface area contributed by atoms with Gasteiger partial charge in [0.25, 0.3) is 0 Å². The first-order valence-corrected chi connectivity index (χ1v) is 11.1. The number of halogens is 1. The van der Waals surface area contributed by atoms with Crippen LogP contribution in [0.5, 0.6) is 0 Å². The molecule has 28 heavy (non-hydrogen) atoms. The van der Waals surface area contributed by atoms with Crippen LogP contribution < -0.4 is 10.6 Å². The summed E-state index contributed by atoms with van der Waals surface area (Å²) in [6.45, 7) is 10.3. The molecule has 0 bridgehead atoms. The Hall–Kier alpha value is -0.120. The van der Waals surface area contributed by atoms with Crippen LogP contribution in [0.2, 0.25) is 0 Å². The second-order valence-electron chi connectivity index (χ2n) is 9.22. The van der Waals surface area contributed by atoms with Crippen molar-refractivity contribution in [2.45, 2.75) is 64.1 Å². The first-order valence-electron chi connectivity index (χ1n) is 11.1. The summed E-state index contributed by atoms with van der Waals surface area (Å²) >= 11 is 0. The first-order chi connectivity index (χ1) is 13.2. The highest BCUT2D eigenvalue weighted by Gasteiger charge is 2.65. The van der Waals surface area contributed by atoms with Gasteiger partial charge in [0.1, 0.15) is 0 Å². The molecule has 4 unspecified atom stereocenters. The number of ether oxygens (including phenoxy) is 2.